The number of hydrogen-bond acceptors (Lipinski definition) is 1. The predicted octanol–water partition coefficient (Wildman–Crippen LogP) is 14.5. The number of benzene rings is 1. The van der Waals surface area contributed by atoms with E-state index in [1.165, 1.54) is 192 Å². The molecule has 0 saturated heterocycles. The molecule has 1 N–H and O–H groups in total. The van der Waals surface area contributed by atoms with Crippen molar-refractivity contribution in [1.29, 1.82) is 0 Å². The summed E-state index contributed by atoms with van der Waals surface area (Å²) >= 11 is 0. The number of para-hydroxylation sites is 1. The Morgan fingerprint density at radius 2 is 0.756 bits per heavy atom. The summed E-state index contributed by atoms with van der Waals surface area (Å²) in [5.41, 5.74) is 1.27. The monoisotopic (exact) mass is 570 g/mol. The fraction of sp³-hybridized carbons (Fsp3) is 0.850. The van der Waals surface area contributed by atoms with Crippen molar-refractivity contribution < 1.29 is 0 Å². The summed E-state index contributed by atoms with van der Waals surface area (Å²) in [5.74, 6) is 0.937. The maximum Gasteiger partial charge on any atom is 0.0342 e. The summed E-state index contributed by atoms with van der Waals surface area (Å²) in [7, 11) is 0. The first-order chi connectivity index (χ1) is 20.3. The molecule has 1 rings (SSSR count). The van der Waals surface area contributed by atoms with Crippen LogP contribution in [-0.4, -0.2) is 6.04 Å². The minimum Gasteiger partial charge on any atom is -0.383 e. The summed E-state index contributed by atoms with van der Waals surface area (Å²) in [5, 5.41) is 3.72. The van der Waals surface area contributed by atoms with E-state index in [-0.39, 0.29) is 0 Å². The average molecular weight is 570 g/mol. The van der Waals surface area contributed by atoms with Gasteiger partial charge < -0.3 is 5.32 Å². The molecule has 0 radical (unpaired) electrons. The zero-order valence-corrected chi connectivity index (χ0v) is 28.5. The molecule has 41 heavy (non-hydrogen) atoms. The molecule has 1 heteroatoms. The van der Waals surface area contributed by atoms with Gasteiger partial charge in [0.25, 0.3) is 0 Å². The lowest BCUT2D eigenvalue weighted by Crippen LogP contribution is -2.16. The molecule has 1 aromatic carbocycles. The lowest BCUT2D eigenvalue weighted by Gasteiger charge is -2.21. The molecule has 0 amide bonds. The van der Waals surface area contributed by atoms with Crippen LogP contribution >= 0.6 is 0 Å². The molecule has 0 saturated carbocycles. The molecule has 240 valence electrons. The van der Waals surface area contributed by atoms with E-state index >= 15 is 0 Å². The second kappa shape index (κ2) is 30.5. The lowest BCUT2D eigenvalue weighted by atomic mass is 9.89. The zero-order valence-electron chi connectivity index (χ0n) is 28.5. The standard InChI is InChI=1S/C40H75N/c1-4-6-8-10-12-14-15-16-17-18-19-20-21-22-24-26-29-33-39(32-28-25-23-13-11-9-7-5-2)37-36-38(3)41-40-34-30-27-31-35-40/h27,30-31,34-35,38-39,41H,4-26,28-29,32-33,36-37H2,1-3H3. The van der Waals surface area contributed by atoms with E-state index in [9.17, 15) is 0 Å². The van der Waals surface area contributed by atoms with Crippen molar-refractivity contribution in [3.05, 3.63) is 30.3 Å². The smallest absolute Gasteiger partial charge is 0.0342 e. The second-order valence-electron chi connectivity index (χ2n) is 13.6. The number of anilines is 1. The number of unbranched alkanes of at least 4 members (excludes halogenated alkanes) is 23. The molecule has 0 aliphatic carbocycles. The van der Waals surface area contributed by atoms with Crippen LogP contribution in [0.15, 0.2) is 30.3 Å². The third kappa shape index (κ3) is 26.4. The second-order valence-corrected chi connectivity index (χ2v) is 13.6. The number of hydrogen-bond donors (Lipinski definition) is 1. The maximum absolute atomic E-state index is 3.72. The Hall–Kier alpha value is -0.980. The average Bonchev–Trinajstić information content (AvgIpc) is 2.98. The van der Waals surface area contributed by atoms with Crippen molar-refractivity contribution in [1.82, 2.24) is 0 Å². The van der Waals surface area contributed by atoms with Crippen LogP contribution in [0.1, 0.15) is 207 Å². The van der Waals surface area contributed by atoms with Crippen molar-refractivity contribution in [3.8, 4) is 0 Å². The Morgan fingerprint density at radius 1 is 0.415 bits per heavy atom. The fourth-order valence-corrected chi connectivity index (χ4v) is 6.53. The predicted molar refractivity (Wildman–Crippen MR) is 188 cm³/mol. The quantitative estimate of drug-likeness (QED) is 0.0851. The largest absolute Gasteiger partial charge is 0.383 e. The van der Waals surface area contributed by atoms with Crippen molar-refractivity contribution in [2.24, 2.45) is 5.92 Å². The first-order valence-corrected chi connectivity index (χ1v) is 19.1. The van der Waals surface area contributed by atoms with Crippen LogP contribution in [0.25, 0.3) is 0 Å². The van der Waals surface area contributed by atoms with Gasteiger partial charge in [0.1, 0.15) is 0 Å². The number of rotatable bonds is 32. The molecule has 0 spiro atoms. The van der Waals surface area contributed by atoms with Crippen LogP contribution in [0.3, 0.4) is 0 Å². The van der Waals surface area contributed by atoms with Gasteiger partial charge in [-0.1, -0.05) is 205 Å². The van der Waals surface area contributed by atoms with Gasteiger partial charge in [0.15, 0.2) is 0 Å². The summed E-state index contributed by atoms with van der Waals surface area (Å²) < 4.78 is 0. The van der Waals surface area contributed by atoms with Crippen molar-refractivity contribution in [3.63, 3.8) is 0 Å². The van der Waals surface area contributed by atoms with E-state index < -0.39 is 0 Å². The van der Waals surface area contributed by atoms with E-state index in [4.69, 9.17) is 0 Å². The summed E-state index contributed by atoms with van der Waals surface area (Å²) in [6.07, 6.45) is 42.1. The topological polar surface area (TPSA) is 12.0 Å². The summed E-state index contributed by atoms with van der Waals surface area (Å²) in [6, 6.07) is 11.3. The van der Waals surface area contributed by atoms with Gasteiger partial charge in [-0.2, -0.15) is 0 Å². The van der Waals surface area contributed by atoms with Crippen LogP contribution in [0.2, 0.25) is 0 Å². The highest BCUT2D eigenvalue weighted by Crippen LogP contribution is 2.25. The maximum atomic E-state index is 3.72. The van der Waals surface area contributed by atoms with E-state index in [0.717, 1.165) is 5.92 Å². The van der Waals surface area contributed by atoms with E-state index in [2.05, 4.69) is 56.4 Å². The van der Waals surface area contributed by atoms with Gasteiger partial charge in [-0.3, -0.25) is 0 Å². The Kier molecular flexibility index (Phi) is 28.3. The SMILES string of the molecule is CCCCCCCCCCCCCCCCCCCC(CCCCCCCCCC)CCC(C)Nc1ccccc1. The highest BCUT2D eigenvalue weighted by molar-refractivity contribution is 5.43. The van der Waals surface area contributed by atoms with Crippen molar-refractivity contribution in [2.45, 2.75) is 213 Å². The first-order valence-electron chi connectivity index (χ1n) is 19.1. The minimum atomic E-state index is 0.564. The highest BCUT2D eigenvalue weighted by atomic mass is 14.9. The van der Waals surface area contributed by atoms with E-state index in [0.29, 0.717) is 6.04 Å². The van der Waals surface area contributed by atoms with Crippen LogP contribution in [0.4, 0.5) is 5.69 Å². The van der Waals surface area contributed by atoms with Crippen LogP contribution in [0.5, 0.6) is 0 Å². The molecule has 0 bridgehead atoms. The lowest BCUT2D eigenvalue weighted by molar-refractivity contribution is 0.365. The van der Waals surface area contributed by atoms with Gasteiger partial charge in [0, 0.05) is 11.7 Å². The first kappa shape index (κ1) is 38.0. The third-order valence-electron chi connectivity index (χ3n) is 9.38. The third-order valence-corrected chi connectivity index (χ3v) is 9.38. The molecule has 0 heterocycles. The molecule has 0 fully saturated rings. The van der Waals surface area contributed by atoms with Gasteiger partial charge in [0.05, 0.1) is 0 Å². The molecule has 1 nitrogen and oxygen atoms in total. The summed E-state index contributed by atoms with van der Waals surface area (Å²) in [6.45, 7) is 7.00. The number of nitrogens with one attached hydrogen (secondary N) is 1. The van der Waals surface area contributed by atoms with Crippen LogP contribution in [-0.2, 0) is 0 Å². The Labute approximate surface area is 259 Å². The fourth-order valence-electron chi connectivity index (χ4n) is 6.53. The molecular formula is C40H75N. The Balaban J connectivity index is 2.08. The molecule has 0 aliphatic heterocycles. The molecular weight excluding hydrogens is 494 g/mol. The molecule has 0 aromatic heterocycles. The van der Waals surface area contributed by atoms with E-state index in [1.807, 2.05) is 0 Å². The normalized spacial score (nSPS) is 13.0. The van der Waals surface area contributed by atoms with Gasteiger partial charge in [-0.25, -0.2) is 0 Å². The zero-order chi connectivity index (χ0) is 29.5. The van der Waals surface area contributed by atoms with Gasteiger partial charge in [0.2, 0.25) is 0 Å². The van der Waals surface area contributed by atoms with Crippen molar-refractivity contribution >= 4 is 5.69 Å². The van der Waals surface area contributed by atoms with Crippen LogP contribution in [0, 0.1) is 5.92 Å². The Morgan fingerprint density at radius 3 is 1.12 bits per heavy atom. The highest BCUT2D eigenvalue weighted by Gasteiger charge is 2.11. The Bertz CT molecular complexity index is 611. The minimum absolute atomic E-state index is 0.564. The van der Waals surface area contributed by atoms with Crippen molar-refractivity contribution in [2.75, 3.05) is 5.32 Å². The molecule has 0 aliphatic rings. The molecule has 2 atom stereocenters. The molecule has 1 aromatic rings. The molecule has 2 unspecified atom stereocenters. The van der Waals surface area contributed by atoms with Gasteiger partial charge >= 0.3 is 0 Å². The van der Waals surface area contributed by atoms with Gasteiger partial charge in [-0.15, -0.1) is 0 Å². The van der Waals surface area contributed by atoms with Crippen LogP contribution < -0.4 is 5.32 Å². The van der Waals surface area contributed by atoms with Gasteiger partial charge in [-0.05, 0) is 37.8 Å². The summed E-state index contributed by atoms with van der Waals surface area (Å²) in [4.78, 5) is 0. The van der Waals surface area contributed by atoms with E-state index in [1.54, 1.807) is 0 Å².